The highest BCUT2D eigenvalue weighted by atomic mass is 16.5. The highest BCUT2D eigenvalue weighted by molar-refractivity contribution is 5.75. The fourth-order valence-corrected chi connectivity index (χ4v) is 3.50. The van der Waals surface area contributed by atoms with Crippen molar-refractivity contribution in [1.29, 1.82) is 0 Å². The zero-order valence-corrected chi connectivity index (χ0v) is 17.8. The summed E-state index contributed by atoms with van der Waals surface area (Å²) in [4.78, 5) is 14.5. The maximum Gasteiger partial charge on any atom is 0.222 e. The zero-order valence-electron chi connectivity index (χ0n) is 17.8. The van der Waals surface area contributed by atoms with Crippen molar-refractivity contribution in [3.63, 3.8) is 0 Å². The second kappa shape index (κ2) is 10.7. The van der Waals surface area contributed by atoms with Crippen molar-refractivity contribution in [2.45, 2.75) is 46.1 Å². The standard InChI is InChI=1S/C24H33NO3/c1-6-24(26)25(17-19-7-11-21(27-4)12-8-19)16-15-23(18(2)3)20-9-13-22(28-5)14-10-20/h7-14,18,23H,6,15-17H2,1-5H3/t23-/m0/s1. The van der Waals surface area contributed by atoms with Gasteiger partial charge in [0.1, 0.15) is 11.5 Å². The number of carbonyl (C=O) groups excluding carboxylic acids is 1. The van der Waals surface area contributed by atoms with Crippen molar-refractivity contribution in [1.82, 2.24) is 4.90 Å². The molecule has 0 bridgehead atoms. The lowest BCUT2D eigenvalue weighted by molar-refractivity contribution is -0.131. The molecular weight excluding hydrogens is 350 g/mol. The summed E-state index contributed by atoms with van der Waals surface area (Å²) >= 11 is 0. The van der Waals surface area contributed by atoms with Crippen molar-refractivity contribution in [2.24, 2.45) is 5.92 Å². The molecule has 28 heavy (non-hydrogen) atoms. The SMILES string of the molecule is CCC(=O)N(CC[C@H](c1ccc(OC)cc1)C(C)C)Cc1ccc(OC)cc1. The minimum atomic E-state index is 0.188. The van der Waals surface area contributed by atoms with Gasteiger partial charge < -0.3 is 14.4 Å². The van der Waals surface area contributed by atoms with Crippen LogP contribution < -0.4 is 9.47 Å². The smallest absolute Gasteiger partial charge is 0.222 e. The molecule has 2 aromatic carbocycles. The topological polar surface area (TPSA) is 38.8 Å². The average Bonchev–Trinajstić information content (AvgIpc) is 2.73. The Labute approximate surface area is 169 Å². The largest absolute Gasteiger partial charge is 0.497 e. The first kappa shape index (κ1) is 21.8. The van der Waals surface area contributed by atoms with Crippen LogP contribution in [0, 0.1) is 5.92 Å². The molecule has 0 aromatic heterocycles. The van der Waals surface area contributed by atoms with E-state index in [1.165, 1.54) is 5.56 Å². The predicted molar refractivity (Wildman–Crippen MR) is 114 cm³/mol. The van der Waals surface area contributed by atoms with Crippen LogP contribution in [0.4, 0.5) is 0 Å². The maximum absolute atomic E-state index is 12.5. The fraction of sp³-hybridized carbons (Fsp3) is 0.458. The summed E-state index contributed by atoms with van der Waals surface area (Å²) in [5.74, 6) is 2.78. The van der Waals surface area contributed by atoms with Crippen LogP contribution in [0.2, 0.25) is 0 Å². The van der Waals surface area contributed by atoms with Crippen LogP contribution in [0.25, 0.3) is 0 Å². The van der Waals surface area contributed by atoms with E-state index in [0.29, 0.717) is 24.8 Å². The molecule has 0 N–H and O–H groups in total. The fourth-order valence-electron chi connectivity index (χ4n) is 3.50. The Morgan fingerprint density at radius 2 is 1.46 bits per heavy atom. The lowest BCUT2D eigenvalue weighted by Gasteiger charge is -2.27. The number of rotatable bonds is 10. The lowest BCUT2D eigenvalue weighted by Crippen LogP contribution is -2.32. The van der Waals surface area contributed by atoms with E-state index >= 15 is 0 Å². The second-order valence-electron chi connectivity index (χ2n) is 7.43. The van der Waals surface area contributed by atoms with Gasteiger partial charge in [-0.1, -0.05) is 45.0 Å². The van der Waals surface area contributed by atoms with Gasteiger partial charge in [0.25, 0.3) is 0 Å². The number of nitrogens with zero attached hydrogens (tertiary/aromatic N) is 1. The van der Waals surface area contributed by atoms with Gasteiger partial charge in [0.15, 0.2) is 0 Å². The van der Waals surface area contributed by atoms with E-state index in [1.54, 1.807) is 14.2 Å². The monoisotopic (exact) mass is 383 g/mol. The van der Waals surface area contributed by atoms with Crippen LogP contribution in [0.15, 0.2) is 48.5 Å². The van der Waals surface area contributed by atoms with E-state index in [4.69, 9.17) is 9.47 Å². The Balaban J connectivity index is 2.09. The summed E-state index contributed by atoms with van der Waals surface area (Å²) in [6, 6.07) is 16.2. The van der Waals surface area contributed by atoms with Gasteiger partial charge in [-0.15, -0.1) is 0 Å². The summed E-state index contributed by atoms with van der Waals surface area (Å²) in [6.07, 6.45) is 1.46. The van der Waals surface area contributed by atoms with E-state index in [9.17, 15) is 4.79 Å². The van der Waals surface area contributed by atoms with Crippen LogP contribution >= 0.6 is 0 Å². The lowest BCUT2D eigenvalue weighted by atomic mass is 9.85. The van der Waals surface area contributed by atoms with Crippen LogP contribution in [0.5, 0.6) is 11.5 Å². The quantitative estimate of drug-likeness (QED) is 0.561. The van der Waals surface area contributed by atoms with E-state index in [2.05, 4.69) is 26.0 Å². The predicted octanol–water partition coefficient (Wildman–Crippen LogP) is 5.27. The van der Waals surface area contributed by atoms with Gasteiger partial charge in [0, 0.05) is 19.5 Å². The van der Waals surface area contributed by atoms with Gasteiger partial charge in [0.2, 0.25) is 5.91 Å². The first-order valence-corrected chi connectivity index (χ1v) is 10.0. The third-order valence-electron chi connectivity index (χ3n) is 5.25. The highest BCUT2D eigenvalue weighted by Gasteiger charge is 2.19. The first-order chi connectivity index (χ1) is 13.5. The van der Waals surface area contributed by atoms with Crippen LogP contribution in [0.3, 0.4) is 0 Å². The van der Waals surface area contributed by atoms with E-state index < -0.39 is 0 Å². The third kappa shape index (κ3) is 6.01. The number of ether oxygens (including phenoxy) is 2. The number of hydrogen-bond donors (Lipinski definition) is 0. The molecule has 0 aliphatic rings. The molecule has 2 rings (SSSR count). The second-order valence-corrected chi connectivity index (χ2v) is 7.43. The Bertz CT molecular complexity index is 723. The molecule has 1 amide bonds. The minimum absolute atomic E-state index is 0.188. The number of amides is 1. The van der Waals surface area contributed by atoms with Gasteiger partial charge in [-0.2, -0.15) is 0 Å². The van der Waals surface area contributed by atoms with Crippen molar-refractivity contribution in [3.8, 4) is 11.5 Å². The number of hydrogen-bond acceptors (Lipinski definition) is 3. The molecule has 4 heteroatoms. The van der Waals surface area contributed by atoms with E-state index in [0.717, 1.165) is 30.0 Å². The average molecular weight is 384 g/mol. The van der Waals surface area contributed by atoms with Gasteiger partial charge in [-0.3, -0.25) is 4.79 Å². The van der Waals surface area contributed by atoms with Crippen molar-refractivity contribution < 1.29 is 14.3 Å². The Morgan fingerprint density at radius 3 is 1.93 bits per heavy atom. The minimum Gasteiger partial charge on any atom is -0.497 e. The normalized spacial score (nSPS) is 11.9. The summed E-state index contributed by atoms with van der Waals surface area (Å²) in [5.41, 5.74) is 2.41. The van der Waals surface area contributed by atoms with Crippen molar-refractivity contribution in [2.75, 3.05) is 20.8 Å². The molecular formula is C24H33NO3. The van der Waals surface area contributed by atoms with Gasteiger partial charge in [-0.25, -0.2) is 0 Å². The van der Waals surface area contributed by atoms with Crippen LogP contribution in [-0.2, 0) is 11.3 Å². The van der Waals surface area contributed by atoms with Crippen LogP contribution in [0.1, 0.15) is 50.7 Å². The summed E-state index contributed by atoms with van der Waals surface area (Å²) in [5, 5.41) is 0. The molecule has 152 valence electrons. The summed E-state index contributed by atoms with van der Waals surface area (Å²) < 4.78 is 10.5. The molecule has 0 saturated carbocycles. The third-order valence-corrected chi connectivity index (χ3v) is 5.25. The molecule has 2 aromatic rings. The number of methoxy groups -OCH3 is 2. The Morgan fingerprint density at radius 1 is 0.929 bits per heavy atom. The van der Waals surface area contributed by atoms with Gasteiger partial charge in [0.05, 0.1) is 14.2 Å². The summed E-state index contributed by atoms with van der Waals surface area (Å²) in [6.45, 7) is 7.78. The van der Waals surface area contributed by atoms with Gasteiger partial charge in [-0.05, 0) is 53.6 Å². The molecule has 0 aliphatic heterocycles. The highest BCUT2D eigenvalue weighted by Crippen LogP contribution is 2.30. The first-order valence-electron chi connectivity index (χ1n) is 10.0. The summed E-state index contributed by atoms with van der Waals surface area (Å²) in [7, 11) is 3.34. The zero-order chi connectivity index (χ0) is 20.5. The number of carbonyl (C=O) groups is 1. The van der Waals surface area contributed by atoms with Crippen molar-refractivity contribution in [3.05, 3.63) is 59.7 Å². The molecule has 0 unspecified atom stereocenters. The van der Waals surface area contributed by atoms with Gasteiger partial charge >= 0.3 is 0 Å². The molecule has 0 saturated heterocycles. The molecule has 1 atom stereocenters. The van der Waals surface area contributed by atoms with Crippen LogP contribution in [-0.4, -0.2) is 31.6 Å². The molecule has 0 aliphatic carbocycles. The Hall–Kier alpha value is -2.49. The van der Waals surface area contributed by atoms with E-state index in [-0.39, 0.29) is 5.91 Å². The maximum atomic E-state index is 12.5. The molecule has 0 spiro atoms. The molecule has 0 radical (unpaired) electrons. The number of benzene rings is 2. The van der Waals surface area contributed by atoms with E-state index in [1.807, 2.05) is 48.2 Å². The molecule has 0 fully saturated rings. The molecule has 4 nitrogen and oxygen atoms in total. The molecule has 0 heterocycles. The Kier molecular flexibility index (Phi) is 8.37. The van der Waals surface area contributed by atoms with Crippen molar-refractivity contribution >= 4 is 5.91 Å².